The van der Waals surface area contributed by atoms with Gasteiger partial charge in [0.2, 0.25) is 5.91 Å². The van der Waals surface area contributed by atoms with Gasteiger partial charge in [0.05, 0.1) is 0 Å². The van der Waals surface area contributed by atoms with Crippen LogP contribution in [0.4, 0.5) is 5.69 Å². The minimum absolute atomic E-state index is 0.0459. The SMILES string of the molecule is O=C(Nc1ccc(OCc2ccccc2)cc1)C1CCN(Cc2cccc(Cl)c2)CC1. The van der Waals surface area contributed by atoms with Gasteiger partial charge in [-0.25, -0.2) is 0 Å². The third-order valence-corrected chi connectivity index (χ3v) is 5.86. The number of rotatable bonds is 7. The van der Waals surface area contributed by atoms with Crippen molar-refractivity contribution in [2.75, 3.05) is 18.4 Å². The molecule has 4 rings (SSSR count). The Bertz CT molecular complexity index is 984. The van der Waals surface area contributed by atoms with Gasteiger partial charge in [0.15, 0.2) is 0 Å². The summed E-state index contributed by atoms with van der Waals surface area (Å²) >= 11 is 6.08. The average molecular weight is 435 g/mol. The van der Waals surface area contributed by atoms with Gasteiger partial charge in [0.1, 0.15) is 12.4 Å². The summed E-state index contributed by atoms with van der Waals surface area (Å²) < 4.78 is 5.81. The molecule has 1 saturated heterocycles. The third-order valence-electron chi connectivity index (χ3n) is 5.62. The molecule has 0 saturated carbocycles. The number of amides is 1. The van der Waals surface area contributed by atoms with Crippen molar-refractivity contribution in [3.63, 3.8) is 0 Å². The molecule has 3 aromatic carbocycles. The smallest absolute Gasteiger partial charge is 0.227 e. The molecule has 0 aliphatic carbocycles. The highest BCUT2D eigenvalue weighted by molar-refractivity contribution is 6.30. The second-order valence-corrected chi connectivity index (χ2v) is 8.40. The Hall–Kier alpha value is -2.82. The average Bonchev–Trinajstić information content (AvgIpc) is 2.80. The summed E-state index contributed by atoms with van der Waals surface area (Å²) in [6.45, 7) is 3.23. The first-order valence-electron chi connectivity index (χ1n) is 10.7. The van der Waals surface area contributed by atoms with Crippen LogP contribution in [0.3, 0.4) is 0 Å². The van der Waals surface area contributed by atoms with E-state index in [2.05, 4.69) is 16.3 Å². The molecule has 31 heavy (non-hydrogen) atoms. The molecule has 0 aromatic heterocycles. The second kappa shape index (κ2) is 10.5. The largest absolute Gasteiger partial charge is 0.489 e. The van der Waals surface area contributed by atoms with Crippen LogP contribution in [0.2, 0.25) is 5.02 Å². The highest BCUT2D eigenvalue weighted by Gasteiger charge is 2.25. The number of benzene rings is 3. The number of hydrogen-bond acceptors (Lipinski definition) is 3. The maximum Gasteiger partial charge on any atom is 0.227 e. The van der Waals surface area contributed by atoms with E-state index in [0.717, 1.165) is 54.5 Å². The standard InChI is InChI=1S/C26H27ClN2O2/c27-23-8-4-7-21(17-23)18-29-15-13-22(14-16-29)26(30)28-24-9-11-25(12-10-24)31-19-20-5-2-1-3-6-20/h1-12,17,22H,13-16,18-19H2,(H,28,30). The van der Waals surface area contributed by atoms with Crippen molar-refractivity contribution in [2.24, 2.45) is 5.92 Å². The van der Waals surface area contributed by atoms with E-state index in [1.165, 1.54) is 5.56 Å². The number of anilines is 1. The van der Waals surface area contributed by atoms with Gasteiger partial charge in [0.25, 0.3) is 0 Å². The normalized spacial score (nSPS) is 14.9. The van der Waals surface area contributed by atoms with E-state index >= 15 is 0 Å². The van der Waals surface area contributed by atoms with Crippen molar-refractivity contribution in [1.29, 1.82) is 0 Å². The van der Waals surface area contributed by atoms with Crippen LogP contribution < -0.4 is 10.1 Å². The minimum Gasteiger partial charge on any atom is -0.489 e. The van der Waals surface area contributed by atoms with Gasteiger partial charge in [-0.3, -0.25) is 9.69 Å². The molecule has 1 fully saturated rings. The predicted molar refractivity (Wildman–Crippen MR) is 125 cm³/mol. The number of hydrogen-bond donors (Lipinski definition) is 1. The first kappa shape index (κ1) is 21.4. The Morgan fingerprint density at radius 2 is 1.65 bits per heavy atom. The van der Waals surface area contributed by atoms with Crippen molar-refractivity contribution < 1.29 is 9.53 Å². The molecule has 1 aliphatic heterocycles. The Kier molecular flexibility index (Phi) is 7.23. The molecule has 0 radical (unpaired) electrons. The van der Waals surface area contributed by atoms with Crippen molar-refractivity contribution >= 4 is 23.2 Å². The van der Waals surface area contributed by atoms with Crippen LogP contribution in [0.1, 0.15) is 24.0 Å². The number of carbonyl (C=O) groups excluding carboxylic acids is 1. The number of piperidine rings is 1. The van der Waals surface area contributed by atoms with E-state index in [0.29, 0.717) is 6.61 Å². The maximum absolute atomic E-state index is 12.7. The van der Waals surface area contributed by atoms with Gasteiger partial charge in [-0.2, -0.15) is 0 Å². The summed E-state index contributed by atoms with van der Waals surface area (Å²) in [6.07, 6.45) is 1.73. The zero-order chi connectivity index (χ0) is 21.5. The third kappa shape index (κ3) is 6.33. The van der Waals surface area contributed by atoms with Crippen molar-refractivity contribution in [1.82, 2.24) is 4.90 Å². The molecule has 1 heterocycles. The fourth-order valence-corrected chi connectivity index (χ4v) is 4.08. The summed E-state index contributed by atoms with van der Waals surface area (Å²) in [4.78, 5) is 15.1. The first-order valence-corrected chi connectivity index (χ1v) is 11.1. The Balaban J connectivity index is 1.22. The molecule has 0 unspecified atom stereocenters. The van der Waals surface area contributed by atoms with E-state index in [9.17, 15) is 4.79 Å². The lowest BCUT2D eigenvalue weighted by molar-refractivity contribution is -0.121. The fourth-order valence-electron chi connectivity index (χ4n) is 3.87. The highest BCUT2D eigenvalue weighted by atomic mass is 35.5. The van der Waals surface area contributed by atoms with Gasteiger partial charge >= 0.3 is 0 Å². The van der Waals surface area contributed by atoms with Gasteiger partial charge in [0, 0.05) is 23.2 Å². The molecule has 0 spiro atoms. The number of nitrogens with one attached hydrogen (secondary N) is 1. The van der Waals surface area contributed by atoms with Gasteiger partial charge in [-0.05, 0) is 73.5 Å². The lowest BCUT2D eigenvalue weighted by Crippen LogP contribution is -2.37. The van der Waals surface area contributed by atoms with E-state index in [1.54, 1.807) is 0 Å². The van der Waals surface area contributed by atoms with Crippen LogP contribution >= 0.6 is 11.6 Å². The van der Waals surface area contributed by atoms with Gasteiger partial charge in [-0.15, -0.1) is 0 Å². The van der Waals surface area contributed by atoms with E-state index in [-0.39, 0.29) is 11.8 Å². The van der Waals surface area contributed by atoms with E-state index in [1.807, 2.05) is 72.8 Å². The fraction of sp³-hybridized carbons (Fsp3) is 0.269. The minimum atomic E-state index is 0.0459. The molecular weight excluding hydrogens is 408 g/mol. The summed E-state index contributed by atoms with van der Waals surface area (Å²) in [5.41, 5.74) is 3.14. The summed E-state index contributed by atoms with van der Waals surface area (Å²) in [6, 6.07) is 25.6. The molecule has 0 bridgehead atoms. The predicted octanol–water partition coefficient (Wildman–Crippen LogP) is 5.77. The highest BCUT2D eigenvalue weighted by Crippen LogP contribution is 2.23. The topological polar surface area (TPSA) is 41.6 Å². The summed E-state index contributed by atoms with van der Waals surface area (Å²) in [7, 11) is 0. The number of nitrogens with zero attached hydrogens (tertiary/aromatic N) is 1. The van der Waals surface area contributed by atoms with Gasteiger partial charge in [-0.1, -0.05) is 54.1 Å². The Labute approximate surface area is 188 Å². The van der Waals surface area contributed by atoms with Crippen LogP contribution in [0.25, 0.3) is 0 Å². The zero-order valence-corrected chi connectivity index (χ0v) is 18.2. The van der Waals surface area contributed by atoms with Crippen molar-refractivity contribution in [3.8, 4) is 5.75 Å². The van der Waals surface area contributed by atoms with Crippen LogP contribution in [-0.2, 0) is 17.9 Å². The van der Waals surface area contributed by atoms with Crippen molar-refractivity contribution in [2.45, 2.75) is 26.0 Å². The lowest BCUT2D eigenvalue weighted by Gasteiger charge is -2.31. The quantitative estimate of drug-likeness (QED) is 0.513. The number of halogens is 1. The van der Waals surface area contributed by atoms with Gasteiger partial charge < -0.3 is 10.1 Å². The number of carbonyl (C=O) groups is 1. The number of likely N-dealkylation sites (tertiary alicyclic amines) is 1. The van der Waals surface area contributed by atoms with Crippen LogP contribution in [0, 0.1) is 5.92 Å². The molecule has 1 aliphatic rings. The Morgan fingerprint density at radius 1 is 0.935 bits per heavy atom. The molecule has 0 atom stereocenters. The molecule has 1 N–H and O–H groups in total. The van der Waals surface area contributed by atoms with Crippen LogP contribution in [0.15, 0.2) is 78.9 Å². The maximum atomic E-state index is 12.7. The zero-order valence-electron chi connectivity index (χ0n) is 17.5. The molecule has 4 nitrogen and oxygen atoms in total. The second-order valence-electron chi connectivity index (χ2n) is 7.97. The van der Waals surface area contributed by atoms with E-state index < -0.39 is 0 Å². The molecule has 160 valence electrons. The van der Waals surface area contributed by atoms with E-state index in [4.69, 9.17) is 16.3 Å². The summed E-state index contributed by atoms with van der Waals surface area (Å²) in [5.74, 6) is 0.932. The summed E-state index contributed by atoms with van der Waals surface area (Å²) in [5, 5.41) is 3.82. The molecule has 3 aromatic rings. The lowest BCUT2D eigenvalue weighted by atomic mass is 9.95. The van der Waals surface area contributed by atoms with Crippen LogP contribution in [0.5, 0.6) is 5.75 Å². The molecule has 5 heteroatoms. The molecular formula is C26H27ClN2O2. The first-order chi connectivity index (χ1) is 15.2. The van der Waals surface area contributed by atoms with Crippen molar-refractivity contribution in [3.05, 3.63) is 95.0 Å². The number of ether oxygens (including phenoxy) is 1. The Morgan fingerprint density at radius 3 is 2.35 bits per heavy atom. The monoisotopic (exact) mass is 434 g/mol. The molecule has 1 amide bonds. The van der Waals surface area contributed by atoms with Crippen LogP contribution in [-0.4, -0.2) is 23.9 Å².